The van der Waals surface area contributed by atoms with Crippen LogP contribution in [0.25, 0.3) is 0 Å². The van der Waals surface area contributed by atoms with Gasteiger partial charge in [0.05, 0.1) is 10.7 Å². The number of benzene rings is 1. The lowest BCUT2D eigenvalue weighted by molar-refractivity contribution is 0.0963. The summed E-state index contributed by atoms with van der Waals surface area (Å²) >= 11 is 6.11. The lowest BCUT2D eigenvalue weighted by atomic mass is 10.1. The van der Waals surface area contributed by atoms with Crippen LogP contribution in [0.4, 0.5) is 5.69 Å². The van der Waals surface area contributed by atoms with Gasteiger partial charge in [-0.25, -0.2) is 0 Å². The minimum Gasteiger partial charge on any atom is -0.384 e. The molecular weight excluding hydrogens is 248 g/mol. The minimum atomic E-state index is -0.101. The summed E-state index contributed by atoms with van der Waals surface area (Å²) in [6, 6.07) is 5.26. The number of nitrogens with one attached hydrogen (secondary N) is 2. The normalized spacial score (nSPS) is 12.0. The zero-order valence-electron chi connectivity index (χ0n) is 11.2. The molecule has 0 fully saturated rings. The summed E-state index contributed by atoms with van der Waals surface area (Å²) in [5, 5.41) is 6.55. The van der Waals surface area contributed by atoms with Crippen molar-refractivity contribution in [2.75, 3.05) is 18.9 Å². The van der Waals surface area contributed by atoms with Gasteiger partial charge in [-0.3, -0.25) is 4.79 Å². The van der Waals surface area contributed by atoms with Crippen molar-refractivity contribution in [1.29, 1.82) is 0 Å². The van der Waals surface area contributed by atoms with Crippen molar-refractivity contribution in [1.82, 2.24) is 5.32 Å². The van der Waals surface area contributed by atoms with Crippen LogP contribution in [0.2, 0.25) is 5.02 Å². The molecule has 1 aromatic rings. The molecule has 0 bridgehead atoms. The molecule has 3 nitrogen and oxygen atoms in total. The SMILES string of the molecule is CCCC(C)CNc1cc(C(=O)NC)ccc1Cl. The molecule has 4 heteroatoms. The van der Waals surface area contributed by atoms with E-state index < -0.39 is 0 Å². The fourth-order valence-corrected chi connectivity index (χ4v) is 2.01. The molecule has 0 saturated carbocycles. The molecule has 0 heterocycles. The van der Waals surface area contributed by atoms with E-state index in [9.17, 15) is 4.79 Å². The molecule has 0 aliphatic carbocycles. The fourth-order valence-electron chi connectivity index (χ4n) is 1.83. The second kappa shape index (κ2) is 7.27. The van der Waals surface area contributed by atoms with Gasteiger partial charge in [0.1, 0.15) is 0 Å². The molecule has 1 rings (SSSR count). The summed E-state index contributed by atoms with van der Waals surface area (Å²) < 4.78 is 0. The number of hydrogen-bond acceptors (Lipinski definition) is 2. The number of rotatable bonds is 6. The van der Waals surface area contributed by atoms with E-state index in [1.165, 1.54) is 12.8 Å². The van der Waals surface area contributed by atoms with E-state index in [2.05, 4.69) is 24.5 Å². The topological polar surface area (TPSA) is 41.1 Å². The number of hydrogen-bond donors (Lipinski definition) is 2. The molecule has 2 N–H and O–H groups in total. The van der Waals surface area contributed by atoms with Crippen LogP contribution < -0.4 is 10.6 Å². The first-order chi connectivity index (χ1) is 8.58. The zero-order chi connectivity index (χ0) is 13.5. The Bertz CT molecular complexity index is 407. The van der Waals surface area contributed by atoms with Gasteiger partial charge in [0.15, 0.2) is 0 Å². The van der Waals surface area contributed by atoms with Gasteiger partial charge in [0.25, 0.3) is 5.91 Å². The Kier molecular flexibility index (Phi) is 5.99. The van der Waals surface area contributed by atoms with Crippen molar-refractivity contribution < 1.29 is 4.79 Å². The molecule has 1 amide bonds. The lowest BCUT2D eigenvalue weighted by Gasteiger charge is -2.14. The van der Waals surface area contributed by atoms with Crippen LogP contribution in [-0.2, 0) is 0 Å². The molecule has 0 radical (unpaired) electrons. The molecule has 0 aliphatic rings. The van der Waals surface area contributed by atoms with Gasteiger partial charge in [-0.15, -0.1) is 0 Å². The Balaban J connectivity index is 2.72. The Morgan fingerprint density at radius 1 is 1.44 bits per heavy atom. The highest BCUT2D eigenvalue weighted by molar-refractivity contribution is 6.33. The van der Waals surface area contributed by atoms with Crippen LogP contribution in [0.5, 0.6) is 0 Å². The van der Waals surface area contributed by atoms with Crippen LogP contribution >= 0.6 is 11.6 Å². The molecule has 100 valence electrons. The van der Waals surface area contributed by atoms with Crippen molar-refractivity contribution in [3.05, 3.63) is 28.8 Å². The van der Waals surface area contributed by atoms with Crippen molar-refractivity contribution in [2.45, 2.75) is 26.7 Å². The summed E-state index contributed by atoms with van der Waals surface area (Å²) in [5.74, 6) is 0.492. The predicted octanol–water partition coefficient (Wildman–Crippen LogP) is 3.55. The lowest BCUT2D eigenvalue weighted by Crippen LogP contribution is -2.18. The maximum absolute atomic E-state index is 11.5. The molecule has 1 unspecified atom stereocenters. The molecule has 0 spiro atoms. The smallest absolute Gasteiger partial charge is 0.251 e. The van der Waals surface area contributed by atoms with Gasteiger partial charge in [0, 0.05) is 19.2 Å². The van der Waals surface area contributed by atoms with Crippen LogP contribution in [0.15, 0.2) is 18.2 Å². The highest BCUT2D eigenvalue weighted by Gasteiger charge is 2.08. The third-order valence-corrected chi connectivity index (χ3v) is 3.21. The summed E-state index contributed by atoms with van der Waals surface area (Å²) in [4.78, 5) is 11.5. The maximum atomic E-state index is 11.5. The van der Waals surface area contributed by atoms with Gasteiger partial charge in [-0.05, 0) is 30.5 Å². The highest BCUT2D eigenvalue weighted by atomic mass is 35.5. The number of anilines is 1. The van der Waals surface area contributed by atoms with Gasteiger partial charge in [0.2, 0.25) is 0 Å². The van der Waals surface area contributed by atoms with E-state index in [1.807, 2.05) is 0 Å². The average Bonchev–Trinajstić information content (AvgIpc) is 2.37. The van der Waals surface area contributed by atoms with Gasteiger partial charge in [-0.2, -0.15) is 0 Å². The first-order valence-corrected chi connectivity index (χ1v) is 6.71. The van der Waals surface area contributed by atoms with Gasteiger partial charge < -0.3 is 10.6 Å². The Hall–Kier alpha value is -1.22. The molecule has 1 aromatic carbocycles. The van der Waals surface area contributed by atoms with Crippen molar-refractivity contribution in [2.24, 2.45) is 5.92 Å². The Morgan fingerprint density at radius 3 is 2.78 bits per heavy atom. The second-order valence-corrected chi connectivity index (χ2v) is 4.96. The van der Waals surface area contributed by atoms with Crippen LogP contribution in [0.3, 0.4) is 0 Å². The number of carbonyl (C=O) groups is 1. The first-order valence-electron chi connectivity index (χ1n) is 6.34. The third kappa shape index (κ3) is 4.22. The molecule has 0 saturated heterocycles. The van der Waals surface area contributed by atoms with Gasteiger partial charge in [-0.1, -0.05) is 31.9 Å². The zero-order valence-corrected chi connectivity index (χ0v) is 12.0. The quantitative estimate of drug-likeness (QED) is 0.828. The predicted molar refractivity (Wildman–Crippen MR) is 77.4 cm³/mol. The summed E-state index contributed by atoms with van der Waals surface area (Å²) in [7, 11) is 1.62. The van der Waals surface area contributed by atoms with E-state index in [-0.39, 0.29) is 5.91 Å². The van der Waals surface area contributed by atoms with Gasteiger partial charge >= 0.3 is 0 Å². The van der Waals surface area contributed by atoms with Crippen molar-refractivity contribution in [3.8, 4) is 0 Å². The maximum Gasteiger partial charge on any atom is 0.251 e. The van der Waals surface area contributed by atoms with Crippen LogP contribution in [0, 0.1) is 5.92 Å². The fraction of sp³-hybridized carbons (Fsp3) is 0.500. The van der Waals surface area contributed by atoms with E-state index >= 15 is 0 Å². The van der Waals surface area contributed by atoms with E-state index in [4.69, 9.17) is 11.6 Å². The summed E-state index contributed by atoms with van der Waals surface area (Å²) in [5.41, 5.74) is 1.44. The van der Waals surface area contributed by atoms with E-state index in [0.717, 1.165) is 12.2 Å². The molecule has 1 atom stereocenters. The molecule has 18 heavy (non-hydrogen) atoms. The largest absolute Gasteiger partial charge is 0.384 e. The Labute approximate surface area is 114 Å². The first kappa shape index (κ1) is 14.8. The Morgan fingerprint density at radius 2 is 2.17 bits per heavy atom. The number of halogens is 1. The monoisotopic (exact) mass is 268 g/mol. The second-order valence-electron chi connectivity index (χ2n) is 4.55. The molecular formula is C14H21ClN2O. The molecule has 0 aliphatic heterocycles. The minimum absolute atomic E-state index is 0.101. The van der Waals surface area contributed by atoms with E-state index in [1.54, 1.807) is 25.2 Å². The number of amides is 1. The standard InChI is InChI=1S/C14H21ClN2O/c1-4-5-10(2)9-17-13-8-11(14(18)16-3)6-7-12(13)15/h6-8,10,17H,4-5,9H2,1-3H3,(H,16,18). The number of carbonyl (C=O) groups excluding carboxylic acids is 1. The molecule has 0 aromatic heterocycles. The van der Waals surface area contributed by atoms with E-state index in [0.29, 0.717) is 16.5 Å². The third-order valence-electron chi connectivity index (χ3n) is 2.88. The summed E-state index contributed by atoms with van der Waals surface area (Å²) in [6.07, 6.45) is 2.36. The van der Waals surface area contributed by atoms with Crippen molar-refractivity contribution >= 4 is 23.2 Å². The van der Waals surface area contributed by atoms with Crippen LogP contribution in [-0.4, -0.2) is 19.5 Å². The average molecular weight is 269 g/mol. The summed E-state index contributed by atoms with van der Waals surface area (Å²) in [6.45, 7) is 5.24. The van der Waals surface area contributed by atoms with Crippen molar-refractivity contribution in [3.63, 3.8) is 0 Å². The van der Waals surface area contributed by atoms with Crippen LogP contribution in [0.1, 0.15) is 37.0 Å². The highest BCUT2D eigenvalue weighted by Crippen LogP contribution is 2.23.